The summed E-state index contributed by atoms with van der Waals surface area (Å²) in [4.78, 5) is 11.6. The lowest BCUT2D eigenvalue weighted by Gasteiger charge is -2.13. The van der Waals surface area contributed by atoms with Crippen LogP contribution in [-0.4, -0.2) is 32.2 Å². The number of amides is 1. The first kappa shape index (κ1) is 18.0. The number of carbonyl (C=O) groups is 1. The van der Waals surface area contributed by atoms with Gasteiger partial charge < -0.3 is 20.1 Å². The molecule has 1 amide bonds. The molecule has 122 valence electrons. The Hall–Kier alpha value is -2.01. The van der Waals surface area contributed by atoms with E-state index in [9.17, 15) is 4.79 Å². The number of nitrogens with one attached hydrogen (secondary N) is 2. The van der Waals surface area contributed by atoms with Gasteiger partial charge in [0, 0.05) is 12.6 Å². The summed E-state index contributed by atoms with van der Waals surface area (Å²) in [6.45, 7) is 10.9. The number of ether oxygens (including phenoxy) is 2. The van der Waals surface area contributed by atoms with Gasteiger partial charge in [0.2, 0.25) is 5.91 Å². The van der Waals surface area contributed by atoms with Crippen LogP contribution in [0.1, 0.15) is 26.3 Å². The molecule has 22 heavy (non-hydrogen) atoms. The molecule has 0 aromatic heterocycles. The quantitative estimate of drug-likeness (QED) is 0.687. The van der Waals surface area contributed by atoms with Crippen LogP contribution in [-0.2, 0) is 11.3 Å². The lowest BCUT2D eigenvalue weighted by Crippen LogP contribution is -2.37. The monoisotopic (exact) mass is 306 g/mol. The average molecular weight is 306 g/mol. The highest BCUT2D eigenvalue weighted by Crippen LogP contribution is 2.28. The third kappa shape index (κ3) is 6.63. The highest BCUT2D eigenvalue weighted by molar-refractivity contribution is 5.78. The van der Waals surface area contributed by atoms with Gasteiger partial charge in [-0.1, -0.05) is 12.6 Å². The van der Waals surface area contributed by atoms with Crippen molar-refractivity contribution < 1.29 is 14.3 Å². The molecule has 0 saturated carbocycles. The van der Waals surface area contributed by atoms with E-state index < -0.39 is 0 Å². The van der Waals surface area contributed by atoms with Crippen molar-refractivity contribution in [2.24, 2.45) is 0 Å². The molecule has 0 atom stereocenters. The van der Waals surface area contributed by atoms with Gasteiger partial charge in [0.25, 0.3) is 0 Å². The number of benzene rings is 1. The van der Waals surface area contributed by atoms with Crippen molar-refractivity contribution >= 4 is 5.91 Å². The van der Waals surface area contributed by atoms with Crippen LogP contribution in [0, 0.1) is 0 Å². The molecule has 1 aromatic carbocycles. The molecule has 0 aliphatic carbocycles. The molecular formula is C17H26N2O3. The Bertz CT molecular complexity index is 513. The van der Waals surface area contributed by atoms with Crippen LogP contribution in [0.25, 0.3) is 0 Å². The molecule has 2 N–H and O–H groups in total. The third-order valence-corrected chi connectivity index (χ3v) is 2.77. The zero-order valence-corrected chi connectivity index (χ0v) is 13.9. The minimum absolute atomic E-state index is 0.0118. The molecule has 0 saturated heterocycles. The minimum atomic E-state index is -0.0118. The van der Waals surface area contributed by atoms with Crippen LogP contribution in [0.2, 0.25) is 0 Å². The first-order chi connectivity index (χ1) is 10.4. The number of carbonyl (C=O) groups excluding carboxylic acids is 1. The number of methoxy groups -OCH3 is 1. The summed E-state index contributed by atoms with van der Waals surface area (Å²) < 4.78 is 11.0. The van der Waals surface area contributed by atoms with Crippen LogP contribution in [0.4, 0.5) is 0 Å². The molecule has 0 spiro atoms. The standard InChI is InChI=1S/C17H26N2O3/c1-12(2)11-22-16-8-14(6-7-15(16)21-5)9-18-10-17(20)19-13(3)4/h6-8,13,18H,1,9-11H2,2-5H3,(H,19,20). The van der Waals surface area contributed by atoms with E-state index >= 15 is 0 Å². The summed E-state index contributed by atoms with van der Waals surface area (Å²) in [5, 5.41) is 5.95. The fourth-order valence-electron chi connectivity index (χ4n) is 1.84. The molecule has 5 nitrogen and oxygen atoms in total. The van der Waals surface area contributed by atoms with Gasteiger partial charge in [-0.25, -0.2) is 0 Å². The predicted octanol–water partition coefficient (Wildman–Crippen LogP) is 2.26. The summed E-state index contributed by atoms with van der Waals surface area (Å²) in [6.07, 6.45) is 0. The van der Waals surface area contributed by atoms with Gasteiger partial charge in [0.15, 0.2) is 11.5 Å². The molecule has 1 aromatic rings. The fraction of sp³-hybridized carbons (Fsp3) is 0.471. The van der Waals surface area contributed by atoms with E-state index in [0.29, 0.717) is 24.7 Å². The van der Waals surface area contributed by atoms with E-state index in [-0.39, 0.29) is 18.5 Å². The Morgan fingerprint density at radius 1 is 1.32 bits per heavy atom. The summed E-state index contributed by atoms with van der Waals surface area (Å²) in [7, 11) is 1.61. The predicted molar refractivity (Wildman–Crippen MR) is 88.3 cm³/mol. The second-order valence-electron chi connectivity index (χ2n) is 5.56. The van der Waals surface area contributed by atoms with E-state index in [0.717, 1.165) is 11.1 Å². The highest BCUT2D eigenvalue weighted by atomic mass is 16.5. The van der Waals surface area contributed by atoms with E-state index in [1.54, 1.807) is 7.11 Å². The van der Waals surface area contributed by atoms with Gasteiger partial charge in [-0.15, -0.1) is 0 Å². The van der Waals surface area contributed by atoms with Gasteiger partial charge in [-0.2, -0.15) is 0 Å². The van der Waals surface area contributed by atoms with Crippen molar-refractivity contribution in [3.05, 3.63) is 35.9 Å². The SMILES string of the molecule is C=C(C)COc1cc(CNCC(=O)NC(C)C)ccc1OC. The molecule has 0 radical (unpaired) electrons. The third-order valence-electron chi connectivity index (χ3n) is 2.77. The first-order valence-corrected chi connectivity index (χ1v) is 7.36. The Morgan fingerprint density at radius 2 is 2.05 bits per heavy atom. The second kappa shape index (κ2) is 9.10. The smallest absolute Gasteiger partial charge is 0.234 e. The van der Waals surface area contributed by atoms with E-state index in [4.69, 9.17) is 9.47 Å². The van der Waals surface area contributed by atoms with E-state index in [1.165, 1.54) is 0 Å². The van der Waals surface area contributed by atoms with Crippen LogP contribution >= 0.6 is 0 Å². The molecule has 0 aliphatic heterocycles. The van der Waals surface area contributed by atoms with Crippen molar-refractivity contribution in [1.82, 2.24) is 10.6 Å². The Morgan fingerprint density at radius 3 is 2.64 bits per heavy atom. The summed E-state index contributed by atoms with van der Waals surface area (Å²) >= 11 is 0. The second-order valence-corrected chi connectivity index (χ2v) is 5.56. The maximum absolute atomic E-state index is 11.6. The molecule has 0 aliphatic rings. The Kier molecular flexibility index (Phi) is 7.46. The van der Waals surface area contributed by atoms with Gasteiger partial charge in [0.1, 0.15) is 6.61 Å². The largest absolute Gasteiger partial charge is 0.493 e. The van der Waals surface area contributed by atoms with Gasteiger partial charge >= 0.3 is 0 Å². The molecule has 0 fully saturated rings. The number of hydrogen-bond donors (Lipinski definition) is 2. The Balaban J connectivity index is 2.58. The van der Waals surface area contributed by atoms with Crippen LogP contribution < -0.4 is 20.1 Å². The molecule has 1 rings (SSSR count). The minimum Gasteiger partial charge on any atom is -0.493 e. The molecular weight excluding hydrogens is 280 g/mol. The van der Waals surface area contributed by atoms with Crippen molar-refractivity contribution in [2.45, 2.75) is 33.4 Å². The van der Waals surface area contributed by atoms with Crippen LogP contribution in [0.15, 0.2) is 30.4 Å². The zero-order chi connectivity index (χ0) is 16.5. The summed E-state index contributed by atoms with van der Waals surface area (Å²) in [5.74, 6) is 1.35. The lowest BCUT2D eigenvalue weighted by molar-refractivity contribution is -0.120. The number of rotatable bonds is 9. The molecule has 0 unspecified atom stereocenters. The highest BCUT2D eigenvalue weighted by Gasteiger charge is 2.07. The summed E-state index contributed by atoms with van der Waals surface area (Å²) in [5.41, 5.74) is 1.96. The molecule has 5 heteroatoms. The Labute approximate surface area is 132 Å². The molecule has 0 bridgehead atoms. The van der Waals surface area contributed by atoms with E-state index in [1.807, 2.05) is 39.0 Å². The topological polar surface area (TPSA) is 59.6 Å². The maximum atomic E-state index is 11.6. The lowest BCUT2D eigenvalue weighted by atomic mass is 10.2. The molecule has 0 heterocycles. The van der Waals surface area contributed by atoms with Gasteiger partial charge in [-0.3, -0.25) is 4.79 Å². The maximum Gasteiger partial charge on any atom is 0.234 e. The van der Waals surface area contributed by atoms with Crippen molar-refractivity contribution in [2.75, 3.05) is 20.3 Å². The number of hydrogen-bond acceptors (Lipinski definition) is 4. The van der Waals surface area contributed by atoms with E-state index in [2.05, 4.69) is 17.2 Å². The van der Waals surface area contributed by atoms with Crippen LogP contribution in [0.5, 0.6) is 11.5 Å². The van der Waals surface area contributed by atoms with Gasteiger partial charge in [-0.05, 0) is 44.0 Å². The van der Waals surface area contributed by atoms with Crippen molar-refractivity contribution in [1.29, 1.82) is 0 Å². The summed E-state index contributed by atoms with van der Waals surface area (Å²) in [6, 6.07) is 5.87. The normalized spacial score (nSPS) is 10.4. The van der Waals surface area contributed by atoms with Crippen molar-refractivity contribution in [3.8, 4) is 11.5 Å². The first-order valence-electron chi connectivity index (χ1n) is 7.36. The van der Waals surface area contributed by atoms with Crippen LogP contribution in [0.3, 0.4) is 0 Å². The fourth-order valence-corrected chi connectivity index (χ4v) is 1.84. The van der Waals surface area contributed by atoms with Crippen molar-refractivity contribution in [3.63, 3.8) is 0 Å². The average Bonchev–Trinajstić information content (AvgIpc) is 2.44. The zero-order valence-electron chi connectivity index (χ0n) is 13.9. The van der Waals surface area contributed by atoms with Gasteiger partial charge in [0.05, 0.1) is 13.7 Å².